The van der Waals surface area contributed by atoms with Crippen molar-refractivity contribution >= 4 is 0 Å². The van der Waals surface area contributed by atoms with E-state index in [1.807, 2.05) is 0 Å². The Morgan fingerprint density at radius 1 is 0.733 bits per heavy atom. The maximum absolute atomic E-state index is 2.50. The highest BCUT2D eigenvalue weighted by Crippen LogP contribution is 2.39. The zero-order valence-electron chi connectivity index (χ0n) is 10.5. The Bertz CT molecular complexity index is 182. The normalized spacial score (nSPS) is 34.6. The first kappa shape index (κ1) is 11.4. The first-order chi connectivity index (χ1) is 7.29. The van der Waals surface area contributed by atoms with E-state index in [1.54, 1.807) is 0 Å². The van der Waals surface area contributed by atoms with Gasteiger partial charge in [-0.15, -0.1) is 0 Å². The van der Waals surface area contributed by atoms with Gasteiger partial charge in [-0.3, -0.25) is 0 Å². The van der Waals surface area contributed by atoms with Gasteiger partial charge in [0.2, 0.25) is 0 Å². The molecule has 0 aromatic rings. The first-order valence-corrected chi connectivity index (χ1v) is 6.95. The molecule has 0 aromatic carbocycles. The third-order valence-corrected chi connectivity index (χ3v) is 4.70. The van der Waals surface area contributed by atoms with Gasteiger partial charge in [-0.1, -0.05) is 44.9 Å². The molecule has 1 nitrogen and oxygen atoms in total. The summed E-state index contributed by atoms with van der Waals surface area (Å²) in [4.78, 5) is 2.50. The van der Waals surface area contributed by atoms with E-state index in [9.17, 15) is 0 Å². The molecule has 0 N–H and O–H groups in total. The minimum atomic E-state index is 0.891. The third kappa shape index (κ3) is 2.75. The van der Waals surface area contributed by atoms with Crippen LogP contribution in [-0.2, 0) is 0 Å². The zero-order chi connectivity index (χ0) is 10.7. The standard InChI is InChI=1S/C14H27N/c1-15(2)14-11-7-6-10-13(14)12-8-4-3-5-9-12/h12-14H,3-11H2,1-2H3. The fraction of sp³-hybridized carbons (Fsp3) is 1.00. The second-order valence-electron chi connectivity index (χ2n) is 5.88. The van der Waals surface area contributed by atoms with Crippen LogP contribution in [0.5, 0.6) is 0 Å². The fourth-order valence-corrected chi connectivity index (χ4v) is 3.89. The summed E-state index contributed by atoms with van der Waals surface area (Å²) in [6, 6.07) is 0.891. The minimum absolute atomic E-state index is 0.891. The van der Waals surface area contributed by atoms with Crippen molar-refractivity contribution in [3.63, 3.8) is 0 Å². The molecule has 2 saturated carbocycles. The molecule has 88 valence electrons. The molecule has 2 fully saturated rings. The van der Waals surface area contributed by atoms with Crippen molar-refractivity contribution in [2.24, 2.45) is 11.8 Å². The summed E-state index contributed by atoms with van der Waals surface area (Å²) in [6.07, 6.45) is 13.5. The molecular weight excluding hydrogens is 182 g/mol. The van der Waals surface area contributed by atoms with Crippen molar-refractivity contribution < 1.29 is 0 Å². The molecule has 2 aliphatic rings. The molecule has 2 aliphatic carbocycles. The Hall–Kier alpha value is -0.0400. The Kier molecular flexibility index (Phi) is 4.07. The molecule has 0 amide bonds. The third-order valence-electron chi connectivity index (χ3n) is 4.70. The molecule has 0 radical (unpaired) electrons. The molecule has 2 unspecified atom stereocenters. The van der Waals surface area contributed by atoms with Crippen LogP contribution in [0.1, 0.15) is 57.8 Å². The molecule has 0 aliphatic heterocycles. The summed E-state index contributed by atoms with van der Waals surface area (Å²) >= 11 is 0. The Morgan fingerprint density at radius 3 is 2.00 bits per heavy atom. The summed E-state index contributed by atoms with van der Waals surface area (Å²) in [5.74, 6) is 2.08. The Labute approximate surface area is 95.2 Å². The highest BCUT2D eigenvalue weighted by atomic mass is 15.1. The molecule has 0 bridgehead atoms. The van der Waals surface area contributed by atoms with Gasteiger partial charge >= 0.3 is 0 Å². The van der Waals surface area contributed by atoms with E-state index in [2.05, 4.69) is 19.0 Å². The van der Waals surface area contributed by atoms with Crippen LogP contribution in [0.25, 0.3) is 0 Å². The van der Waals surface area contributed by atoms with E-state index in [0.717, 1.165) is 17.9 Å². The predicted molar refractivity (Wildman–Crippen MR) is 66.0 cm³/mol. The highest BCUT2D eigenvalue weighted by molar-refractivity contribution is 4.86. The molecule has 0 aromatic heterocycles. The second kappa shape index (κ2) is 5.34. The average Bonchev–Trinajstić information content (AvgIpc) is 2.30. The van der Waals surface area contributed by atoms with Gasteiger partial charge in [-0.2, -0.15) is 0 Å². The minimum Gasteiger partial charge on any atom is -0.306 e. The van der Waals surface area contributed by atoms with Crippen LogP contribution in [0.4, 0.5) is 0 Å². The number of rotatable bonds is 2. The monoisotopic (exact) mass is 209 g/mol. The van der Waals surface area contributed by atoms with Crippen molar-refractivity contribution in [1.29, 1.82) is 0 Å². The number of hydrogen-bond acceptors (Lipinski definition) is 1. The van der Waals surface area contributed by atoms with Crippen LogP contribution in [0, 0.1) is 11.8 Å². The molecule has 0 heterocycles. The van der Waals surface area contributed by atoms with Crippen LogP contribution in [-0.4, -0.2) is 25.0 Å². The smallest absolute Gasteiger partial charge is 0.0120 e. The van der Waals surface area contributed by atoms with Crippen LogP contribution in [0.15, 0.2) is 0 Å². The van der Waals surface area contributed by atoms with Gasteiger partial charge in [0.25, 0.3) is 0 Å². The van der Waals surface area contributed by atoms with Crippen LogP contribution in [0.2, 0.25) is 0 Å². The zero-order valence-corrected chi connectivity index (χ0v) is 10.5. The lowest BCUT2D eigenvalue weighted by Gasteiger charge is -2.42. The lowest BCUT2D eigenvalue weighted by atomic mass is 9.70. The summed E-state index contributed by atoms with van der Waals surface area (Å²) < 4.78 is 0. The quantitative estimate of drug-likeness (QED) is 0.670. The number of hydrogen-bond donors (Lipinski definition) is 0. The molecule has 2 rings (SSSR count). The van der Waals surface area contributed by atoms with E-state index in [0.29, 0.717) is 0 Å². The van der Waals surface area contributed by atoms with Crippen molar-refractivity contribution in [3.8, 4) is 0 Å². The van der Waals surface area contributed by atoms with Crippen molar-refractivity contribution in [1.82, 2.24) is 4.90 Å². The van der Waals surface area contributed by atoms with E-state index in [1.165, 1.54) is 57.8 Å². The fourth-order valence-electron chi connectivity index (χ4n) is 3.89. The Morgan fingerprint density at radius 2 is 1.33 bits per heavy atom. The van der Waals surface area contributed by atoms with E-state index in [-0.39, 0.29) is 0 Å². The van der Waals surface area contributed by atoms with Gasteiger partial charge in [0.15, 0.2) is 0 Å². The lowest BCUT2D eigenvalue weighted by Crippen LogP contribution is -2.41. The van der Waals surface area contributed by atoms with Crippen LogP contribution in [0.3, 0.4) is 0 Å². The predicted octanol–water partition coefficient (Wildman–Crippen LogP) is 3.69. The van der Waals surface area contributed by atoms with Gasteiger partial charge in [0, 0.05) is 6.04 Å². The molecule has 1 heteroatoms. The van der Waals surface area contributed by atoms with Crippen molar-refractivity contribution in [2.75, 3.05) is 14.1 Å². The average molecular weight is 209 g/mol. The van der Waals surface area contributed by atoms with E-state index in [4.69, 9.17) is 0 Å². The molecule has 0 spiro atoms. The summed E-state index contributed by atoms with van der Waals surface area (Å²) in [6.45, 7) is 0. The first-order valence-electron chi connectivity index (χ1n) is 6.95. The van der Waals surface area contributed by atoms with Crippen LogP contribution < -0.4 is 0 Å². The van der Waals surface area contributed by atoms with Gasteiger partial charge in [-0.05, 0) is 38.8 Å². The molecule has 15 heavy (non-hydrogen) atoms. The maximum atomic E-state index is 2.50. The summed E-state index contributed by atoms with van der Waals surface area (Å²) in [5.41, 5.74) is 0. The van der Waals surface area contributed by atoms with E-state index < -0.39 is 0 Å². The lowest BCUT2D eigenvalue weighted by molar-refractivity contribution is 0.0890. The second-order valence-corrected chi connectivity index (χ2v) is 5.88. The van der Waals surface area contributed by atoms with Gasteiger partial charge in [-0.25, -0.2) is 0 Å². The maximum Gasteiger partial charge on any atom is 0.0120 e. The van der Waals surface area contributed by atoms with Crippen molar-refractivity contribution in [2.45, 2.75) is 63.8 Å². The summed E-state index contributed by atoms with van der Waals surface area (Å²) in [5, 5.41) is 0. The van der Waals surface area contributed by atoms with Gasteiger partial charge < -0.3 is 4.90 Å². The van der Waals surface area contributed by atoms with Crippen LogP contribution >= 0.6 is 0 Å². The molecule has 0 saturated heterocycles. The SMILES string of the molecule is CN(C)C1CCCCC1C1CCCCC1. The number of nitrogens with zero attached hydrogens (tertiary/aromatic N) is 1. The van der Waals surface area contributed by atoms with Crippen molar-refractivity contribution in [3.05, 3.63) is 0 Å². The molecular formula is C14H27N. The van der Waals surface area contributed by atoms with Gasteiger partial charge in [0.05, 0.1) is 0 Å². The largest absolute Gasteiger partial charge is 0.306 e. The Balaban J connectivity index is 1.96. The van der Waals surface area contributed by atoms with E-state index >= 15 is 0 Å². The topological polar surface area (TPSA) is 3.24 Å². The summed E-state index contributed by atoms with van der Waals surface area (Å²) in [7, 11) is 4.57. The highest BCUT2D eigenvalue weighted by Gasteiger charge is 2.33. The molecule has 2 atom stereocenters. The van der Waals surface area contributed by atoms with Gasteiger partial charge in [0.1, 0.15) is 0 Å².